The number of hydrogen-bond donors (Lipinski definition) is 8. The molecule has 0 saturated heterocycles. The summed E-state index contributed by atoms with van der Waals surface area (Å²) in [4.78, 5) is -1.35. The molecule has 6 aromatic carbocycles. The quantitative estimate of drug-likeness (QED) is 0.00634. The third-order valence-electron chi connectivity index (χ3n) is 8.94. The zero-order valence-electron chi connectivity index (χ0n) is 34.3. The summed E-state index contributed by atoms with van der Waals surface area (Å²) in [6, 6.07) is 20.8. The van der Waals surface area contributed by atoms with Crippen LogP contribution in [0.15, 0.2) is 147 Å². The van der Waals surface area contributed by atoms with Crippen LogP contribution < -0.4 is 26.7 Å². The first-order chi connectivity index (χ1) is 32.3. The van der Waals surface area contributed by atoms with Gasteiger partial charge in [-0.25, -0.2) is 27.4 Å². The van der Waals surface area contributed by atoms with Crippen molar-refractivity contribution in [3.8, 4) is 11.5 Å². The van der Waals surface area contributed by atoms with Gasteiger partial charge in [0, 0.05) is 17.1 Å². The first-order valence-electron chi connectivity index (χ1n) is 18.4. The number of sulfone groups is 1. The fraction of sp³-hybridized carbons (Fsp3) is 0.0811. The largest absolute Gasteiger partial charge is 0.505 e. The lowest BCUT2D eigenvalue weighted by Gasteiger charge is -2.14. The molecule has 0 saturated carbocycles. The van der Waals surface area contributed by atoms with Crippen LogP contribution in [0, 0.1) is 0 Å². The van der Waals surface area contributed by atoms with Crippen LogP contribution in [-0.4, -0.2) is 64.9 Å². The number of sulfonamides is 1. The van der Waals surface area contributed by atoms with E-state index in [2.05, 4.69) is 54.2 Å². The summed E-state index contributed by atoms with van der Waals surface area (Å²) < 4.78 is 108. The summed E-state index contributed by atoms with van der Waals surface area (Å²) in [6.45, 7) is -0.334. The van der Waals surface area contributed by atoms with E-state index in [0.29, 0.717) is 22.8 Å². The minimum Gasteiger partial charge on any atom is -0.505 e. The van der Waals surface area contributed by atoms with E-state index < -0.39 is 57.5 Å². The number of azo groups is 3. The van der Waals surface area contributed by atoms with E-state index in [-0.39, 0.29) is 85.2 Å². The van der Waals surface area contributed by atoms with Crippen LogP contribution in [0.4, 0.5) is 56.9 Å². The smallest absolute Gasteiger partial charge is 0.295 e. The Hall–Kier alpha value is -6.59. The van der Waals surface area contributed by atoms with Gasteiger partial charge in [-0.3, -0.25) is 13.5 Å². The molecule has 68 heavy (non-hydrogen) atoms. The maximum absolute atomic E-state index is 13.2. The highest BCUT2D eigenvalue weighted by Gasteiger charge is 2.26. The number of phenols is 1. The minimum absolute atomic E-state index is 0.0559. The summed E-state index contributed by atoms with van der Waals surface area (Å²) in [7, 11) is -11.7. The molecule has 6 rings (SSSR count). The van der Waals surface area contributed by atoms with Gasteiger partial charge in [0.15, 0.2) is 27.9 Å². The van der Waals surface area contributed by atoms with Crippen molar-refractivity contribution in [3.63, 3.8) is 0 Å². The van der Waals surface area contributed by atoms with Crippen LogP contribution in [0.5, 0.6) is 11.5 Å². The Bertz CT molecular complexity index is 3240. The number of aromatic hydroxyl groups is 1. The molecular formula is C37H34N10O16S5. The Morgan fingerprint density at radius 1 is 0.676 bits per heavy atom. The van der Waals surface area contributed by atoms with Gasteiger partial charge in [0.05, 0.1) is 85.7 Å². The predicted molar refractivity (Wildman–Crippen MR) is 245 cm³/mol. The Kier molecular flexibility index (Phi) is 16.5. The zero-order valence-corrected chi connectivity index (χ0v) is 38.4. The van der Waals surface area contributed by atoms with Crippen LogP contribution in [-0.2, 0) is 52.9 Å². The van der Waals surface area contributed by atoms with E-state index >= 15 is 0 Å². The van der Waals surface area contributed by atoms with Gasteiger partial charge in [0.25, 0.3) is 20.1 Å². The molecule has 0 bridgehead atoms. The van der Waals surface area contributed by atoms with Crippen molar-refractivity contribution in [2.24, 2.45) is 30.7 Å². The van der Waals surface area contributed by atoms with E-state index in [4.69, 9.17) is 36.6 Å². The Morgan fingerprint density at radius 2 is 1.25 bits per heavy atom. The Morgan fingerprint density at radius 3 is 1.84 bits per heavy atom. The van der Waals surface area contributed by atoms with E-state index in [1.165, 1.54) is 92.0 Å². The third kappa shape index (κ3) is 12.5. The summed E-state index contributed by atoms with van der Waals surface area (Å²) >= 11 is 0.447. The SMILES string of the molecule is COc1cc(/N=N/c2ccc(NS(=O)(=O)c3ccc(/N=N/c4cc(S(=O)(=O)O)c5cc(SOOO)c(/N=N/c6ccc(S(=O)(=O)CCOSOOO)cc6)c(O)c5c4N)cc3)cc2)c(N)cc1N. The molecule has 0 radical (unpaired) electrons. The fourth-order valence-corrected chi connectivity index (χ4v) is 9.42. The second-order valence-electron chi connectivity index (χ2n) is 13.2. The molecule has 0 aliphatic heterocycles. The summed E-state index contributed by atoms with van der Waals surface area (Å²) in [5.41, 5.74) is 18.6. The zero-order chi connectivity index (χ0) is 49.2. The molecule has 0 amide bonds. The average Bonchev–Trinajstić information content (AvgIpc) is 3.30. The third-order valence-corrected chi connectivity index (χ3v) is 13.9. The molecule has 6 aromatic rings. The Balaban J connectivity index is 1.23. The van der Waals surface area contributed by atoms with Crippen LogP contribution in [0.3, 0.4) is 0 Å². The first kappa shape index (κ1) is 50.8. The second kappa shape index (κ2) is 22.0. The molecule has 0 heterocycles. The molecule has 0 aliphatic rings. The predicted octanol–water partition coefficient (Wildman–Crippen LogP) is 8.80. The van der Waals surface area contributed by atoms with Crippen molar-refractivity contribution in [1.29, 1.82) is 0 Å². The number of nitrogens with zero attached hydrogens (tertiary/aromatic N) is 6. The highest BCUT2D eigenvalue weighted by molar-refractivity contribution is 7.94. The van der Waals surface area contributed by atoms with Crippen molar-refractivity contribution in [3.05, 3.63) is 97.1 Å². The van der Waals surface area contributed by atoms with Gasteiger partial charge in [-0.05, 0) is 91.0 Å². The van der Waals surface area contributed by atoms with Gasteiger partial charge in [-0.15, -0.1) is 24.0 Å². The topological polar surface area (TPSA) is 403 Å². The van der Waals surface area contributed by atoms with Gasteiger partial charge >= 0.3 is 0 Å². The minimum atomic E-state index is -5.10. The molecule has 358 valence electrons. The van der Waals surface area contributed by atoms with Crippen molar-refractivity contribution < 1.29 is 73.1 Å². The number of anilines is 4. The molecule has 0 spiro atoms. The van der Waals surface area contributed by atoms with E-state index in [1.807, 2.05) is 0 Å². The maximum atomic E-state index is 13.2. The van der Waals surface area contributed by atoms with Crippen LogP contribution in [0.25, 0.3) is 10.8 Å². The number of nitrogen functional groups attached to an aromatic ring is 3. The average molecular weight is 1040 g/mol. The maximum Gasteiger partial charge on any atom is 0.295 e. The number of nitrogens with one attached hydrogen (secondary N) is 1. The molecule has 0 fully saturated rings. The van der Waals surface area contributed by atoms with Crippen LogP contribution in [0.2, 0.25) is 0 Å². The normalized spacial score (nSPS) is 12.5. The van der Waals surface area contributed by atoms with Crippen molar-refractivity contribution in [2.75, 3.05) is 41.4 Å². The summed E-state index contributed by atoms with van der Waals surface area (Å²) in [5.74, 6) is -0.945. The van der Waals surface area contributed by atoms with Gasteiger partial charge in [-0.2, -0.15) is 23.8 Å². The lowest BCUT2D eigenvalue weighted by Crippen LogP contribution is -2.12. The molecule has 0 atom stereocenters. The molecule has 31 heteroatoms. The molecule has 0 aromatic heterocycles. The van der Waals surface area contributed by atoms with E-state index in [1.54, 1.807) is 0 Å². The molecule has 0 unspecified atom stereocenters. The number of nitrogens with two attached hydrogens (primary N) is 3. The number of hydrogen-bond acceptors (Lipinski definition) is 26. The van der Waals surface area contributed by atoms with Crippen LogP contribution in [0.1, 0.15) is 0 Å². The fourth-order valence-electron chi connectivity index (χ4n) is 5.76. The second-order valence-corrected chi connectivity index (χ2v) is 19.7. The number of phenolic OH excluding ortho intramolecular Hbond substituents is 1. The standard InChI is InChI=1S/C37H34N10O16S5/c1-58-31-18-29(27(38)17-28(31)39)44-41-20-2-4-23(5-3-20)47-67(53,54)25-12-8-21(9-13-25)42-45-30-19-33(68(55,56)57)26-16-32(64-62-60-49)36(37(48)34(26)35(30)40)46-43-22-6-10-24(11-7-22)66(51,52)15-14-59-65-63-61-50/h2-13,16-19,47-50H,14-15,38-40H2,1H3,(H,55,56,57)/b44-41+,45-42+,46-43+. The lowest BCUT2D eigenvalue weighted by atomic mass is 10.0. The van der Waals surface area contributed by atoms with Gasteiger partial charge in [0.2, 0.25) is 0 Å². The Labute approximate surface area is 393 Å². The van der Waals surface area contributed by atoms with Gasteiger partial charge in [-0.1, -0.05) is 10.1 Å². The number of methoxy groups -OCH3 is 1. The van der Waals surface area contributed by atoms with E-state index in [0.717, 1.165) is 12.1 Å². The van der Waals surface area contributed by atoms with Gasteiger partial charge < -0.3 is 27.0 Å². The van der Waals surface area contributed by atoms with Crippen LogP contribution >= 0.6 is 24.4 Å². The summed E-state index contributed by atoms with van der Waals surface area (Å²) in [5, 5.41) is 59.0. The first-order valence-corrected chi connectivity index (χ1v) is 24.4. The van der Waals surface area contributed by atoms with Gasteiger partial charge in [0.1, 0.15) is 27.7 Å². The molecular weight excluding hydrogens is 1000 g/mol. The number of fused-ring (bicyclic) bond motifs is 1. The molecule has 11 N–H and O–H groups in total. The molecule has 0 aliphatic carbocycles. The summed E-state index contributed by atoms with van der Waals surface area (Å²) in [6.07, 6.45) is 0. The van der Waals surface area contributed by atoms with Crippen molar-refractivity contribution >= 4 is 122 Å². The number of ether oxygens (including phenoxy) is 1. The van der Waals surface area contributed by atoms with Crippen molar-refractivity contribution in [2.45, 2.75) is 19.6 Å². The van der Waals surface area contributed by atoms with Crippen molar-refractivity contribution in [1.82, 2.24) is 0 Å². The monoisotopic (exact) mass is 1030 g/mol. The lowest BCUT2D eigenvalue weighted by molar-refractivity contribution is -0.434. The number of benzene rings is 6. The highest BCUT2D eigenvalue weighted by atomic mass is 32.2. The number of rotatable bonds is 21. The highest BCUT2D eigenvalue weighted by Crippen LogP contribution is 2.50. The van der Waals surface area contributed by atoms with E-state index in [9.17, 15) is 34.9 Å². The molecule has 26 nitrogen and oxygen atoms in total.